The number of likely N-dealkylation sites (N-methyl/N-ethyl adjacent to an activating group) is 1. The number of hydrogen-bond acceptors (Lipinski definition) is 3. The number of carbonyl (C=O) groups excluding carboxylic acids is 1. The first kappa shape index (κ1) is 13.9. The van der Waals surface area contributed by atoms with Crippen molar-refractivity contribution in [1.82, 2.24) is 4.90 Å². The van der Waals surface area contributed by atoms with Gasteiger partial charge in [0.1, 0.15) is 5.75 Å². The third kappa shape index (κ3) is 4.01. The second kappa shape index (κ2) is 6.55. The fraction of sp³-hybridized carbons (Fsp3) is 0.333. The number of ether oxygens (including phenoxy) is 1. The van der Waals surface area contributed by atoms with Crippen molar-refractivity contribution in [2.24, 2.45) is 0 Å². The van der Waals surface area contributed by atoms with Crippen LogP contribution >= 0.6 is 0 Å². The van der Waals surface area contributed by atoms with E-state index in [9.17, 15) is 13.6 Å². The van der Waals surface area contributed by atoms with Gasteiger partial charge in [0.25, 0.3) is 5.91 Å². The molecule has 0 heterocycles. The van der Waals surface area contributed by atoms with E-state index in [-0.39, 0.29) is 24.7 Å². The van der Waals surface area contributed by atoms with Crippen LogP contribution in [0.2, 0.25) is 0 Å². The molecule has 0 aliphatic carbocycles. The van der Waals surface area contributed by atoms with Gasteiger partial charge in [-0.25, -0.2) is 8.78 Å². The molecule has 1 amide bonds. The van der Waals surface area contributed by atoms with Crippen LogP contribution in [0.5, 0.6) is 5.75 Å². The van der Waals surface area contributed by atoms with Crippen LogP contribution in [0.15, 0.2) is 18.2 Å². The average Bonchev–Trinajstić information content (AvgIpc) is 2.36. The van der Waals surface area contributed by atoms with Crippen LogP contribution < -0.4 is 4.74 Å². The summed E-state index contributed by atoms with van der Waals surface area (Å²) in [5, 5.41) is 8.36. The van der Waals surface area contributed by atoms with Crippen LogP contribution in [0, 0.1) is 23.0 Å². The van der Waals surface area contributed by atoms with E-state index in [1.54, 1.807) is 0 Å². The lowest BCUT2D eigenvalue weighted by Gasteiger charge is -2.15. The maximum atomic E-state index is 12.8. The molecular weight excluding hydrogens is 242 g/mol. The molecule has 0 fully saturated rings. The highest BCUT2D eigenvalue weighted by molar-refractivity contribution is 5.77. The molecule has 4 nitrogen and oxygen atoms in total. The molecule has 0 aromatic heterocycles. The van der Waals surface area contributed by atoms with Gasteiger partial charge in [-0.1, -0.05) is 0 Å². The minimum Gasteiger partial charge on any atom is -0.484 e. The van der Waals surface area contributed by atoms with Gasteiger partial charge in [0, 0.05) is 19.7 Å². The Balaban J connectivity index is 2.47. The van der Waals surface area contributed by atoms with Crippen LogP contribution in [0.1, 0.15) is 6.42 Å². The highest BCUT2D eigenvalue weighted by atomic mass is 19.2. The van der Waals surface area contributed by atoms with Gasteiger partial charge in [-0.3, -0.25) is 4.79 Å². The van der Waals surface area contributed by atoms with Crippen LogP contribution in [0.3, 0.4) is 0 Å². The average molecular weight is 254 g/mol. The summed E-state index contributed by atoms with van der Waals surface area (Å²) in [5.74, 6) is -2.26. The second-order valence-corrected chi connectivity index (χ2v) is 3.59. The maximum Gasteiger partial charge on any atom is 0.260 e. The van der Waals surface area contributed by atoms with Gasteiger partial charge < -0.3 is 9.64 Å². The normalized spacial score (nSPS) is 9.67. The van der Waals surface area contributed by atoms with Crippen molar-refractivity contribution in [2.75, 3.05) is 20.2 Å². The fourth-order valence-corrected chi connectivity index (χ4v) is 1.16. The largest absolute Gasteiger partial charge is 0.484 e. The zero-order chi connectivity index (χ0) is 13.5. The Bertz CT molecular complexity index is 472. The van der Waals surface area contributed by atoms with E-state index >= 15 is 0 Å². The first-order valence-corrected chi connectivity index (χ1v) is 5.23. The van der Waals surface area contributed by atoms with Crippen LogP contribution in [-0.2, 0) is 4.79 Å². The molecule has 0 saturated heterocycles. The van der Waals surface area contributed by atoms with Crippen molar-refractivity contribution < 1.29 is 18.3 Å². The number of carbonyl (C=O) groups is 1. The van der Waals surface area contributed by atoms with Crippen molar-refractivity contribution in [3.05, 3.63) is 29.8 Å². The molecule has 0 saturated carbocycles. The number of nitriles is 1. The van der Waals surface area contributed by atoms with Crippen LogP contribution in [-0.4, -0.2) is 31.0 Å². The van der Waals surface area contributed by atoms with E-state index in [4.69, 9.17) is 10.00 Å². The first-order chi connectivity index (χ1) is 8.54. The standard InChI is InChI=1S/C12H12F2N2O2/c1-16(6-2-5-15)12(17)8-18-9-3-4-10(13)11(14)7-9/h3-4,7H,2,6,8H2,1H3. The molecule has 18 heavy (non-hydrogen) atoms. The zero-order valence-corrected chi connectivity index (χ0v) is 9.82. The molecule has 1 rings (SSSR count). The zero-order valence-electron chi connectivity index (χ0n) is 9.82. The quantitative estimate of drug-likeness (QED) is 0.803. The van der Waals surface area contributed by atoms with Gasteiger partial charge in [-0.15, -0.1) is 0 Å². The summed E-state index contributed by atoms with van der Waals surface area (Å²) >= 11 is 0. The Morgan fingerprint density at radius 2 is 2.17 bits per heavy atom. The topological polar surface area (TPSA) is 53.3 Å². The highest BCUT2D eigenvalue weighted by Crippen LogP contribution is 2.15. The SMILES string of the molecule is CN(CCC#N)C(=O)COc1ccc(F)c(F)c1. The lowest BCUT2D eigenvalue weighted by molar-refractivity contribution is -0.131. The predicted octanol–water partition coefficient (Wildman–Crippen LogP) is 1.72. The predicted molar refractivity (Wildman–Crippen MR) is 59.7 cm³/mol. The lowest BCUT2D eigenvalue weighted by atomic mass is 10.3. The maximum absolute atomic E-state index is 12.8. The van der Waals surface area contributed by atoms with Gasteiger partial charge in [-0.2, -0.15) is 5.26 Å². The van der Waals surface area contributed by atoms with Crippen molar-refractivity contribution in [3.8, 4) is 11.8 Å². The number of rotatable bonds is 5. The van der Waals surface area contributed by atoms with E-state index in [0.29, 0.717) is 6.54 Å². The van der Waals surface area contributed by atoms with Crippen molar-refractivity contribution >= 4 is 5.91 Å². The molecule has 0 unspecified atom stereocenters. The Kier molecular flexibility index (Phi) is 5.06. The molecule has 0 spiro atoms. The number of benzene rings is 1. The summed E-state index contributed by atoms with van der Waals surface area (Å²) in [6.45, 7) is 0.0173. The smallest absolute Gasteiger partial charge is 0.260 e. The van der Waals surface area contributed by atoms with E-state index in [2.05, 4.69) is 0 Å². The minimum atomic E-state index is -1.03. The molecular formula is C12H12F2N2O2. The van der Waals surface area contributed by atoms with Gasteiger partial charge in [-0.05, 0) is 12.1 Å². The van der Waals surface area contributed by atoms with Crippen LogP contribution in [0.25, 0.3) is 0 Å². The first-order valence-electron chi connectivity index (χ1n) is 5.23. The third-order valence-corrected chi connectivity index (χ3v) is 2.24. The molecule has 96 valence electrons. The monoisotopic (exact) mass is 254 g/mol. The minimum absolute atomic E-state index is 0.0796. The second-order valence-electron chi connectivity index (χ2n) is 3.59. The molecule has 0 radical (unpaired) electrons. The fourth-order valence-electron chi connectivity index (χ4n) is 1.16. The number of halogens is 2. The number of amides is 1. The Morgan fingerprint density at radius 3 is 2.78 bits per heavy atom. The van der Waals surface area contributed by atoms with Gasteiger partial charge in [0.05, 0.1) is 12.5 Å². The third-order valence-electron chi connectivity index (χ3n) is 2.24. The summed E-state index contributed by atoms with van der Waals surface area (Å²) in [7, 11) is 1.54. The van der Waals surface area contributed by atoms with Crippen molar-refractivity contribution in [1.29, 1.82) is 5.26 Å². The molecule has 1 aromatic carbocycles. The summed E-state index contributed by atoms with van der Waals surface area (Å²) in [4.78, 5) is 12.8. The molecule has 0 aliphatic rings. The van der Waals surface area contributed by atoms with E-state index in [1.165, 1.54) is 18.0 Å². The number of nitrogens with zero attached hydrogens (tertiary/aromatic N) is 2. The van der Waals surface area contributed by atoms with E-state index < -0.39 is 11.6 Å². The van der Waals surface area contributed by atoms with Gasteiger partial charge in [0.2, 0.25) is 0 Å². The van der Waals surface area contributed by atoms with E-state index in [0.717, 1.165) is 12.1 Å². The van der Waals surface area contributed by atoms with Gasteiger partial charge in [0.15, 0.2) is 18.2 Å². The Labute approximate surface area is 103 Å². The van der Waals surface area contributed by atoms with Gasteiger partial charge >= 0.3 is 0 Å². The molecule has 0 atom stereocenters. The summed E-state index contributed by atoms with van der Waals surface area (Å²) in [6.07, 6.45) is 0.230. The number of hydrogen-bond donors (Lipinski definition) is 0. The summed E-state index contributed by atoms with van der Waals surface area (Å²) in [5.41, 5.74) is 0. The lowest BCUT2D eigenvalue weighted by Crippen LogP contribution is -2.32. The summed E-state index contributed by atoms with van der Waals surface area (Å²) < 4.78 is 30.5. The van der Waals surface area contributed by atoms with E-state index in [1.807, 2.05) is 6.07 Å². The van der Waals surface area contributed by atoms with Crippen LogP contribution in [0.4, 0.5) is 8.78 Å². The summed E-state index contributed by atoms with van der Waals surface area (Å²) in [6, 6.07) is 4.95. The molecule has 1 aromatic rings. The molecule has 0 N–H and O–H groups in total. The molecule has 0 aliphatic heterocycles. The van der Waals surface area contributed by atoms with Crippen molar-refractivity contribution in [2.45, 2.75) is 6.42 Å². The highest BCUT2D eigenvalue weighted by Gasteiger charge is 2.10. The molecule has 6 heteroatoms. The Morgan fingerprint density at radius 1 is 1.44 bits per heavy atom. The molecule has 0 bridgehead atoms. The van der Waals surface area contributed by atoms with Crippen molar-refractivity contribution in [3.63, 3.8) is 0 Å². The Hall–Kier alpha value is -2.16.